The van der Waals surface area contributed by atoms with E-state index in [9.17, 15) is 5.11 Å². The van der Waals surface area contributed by atoms with Crippen molar-refractivity contribution in [2.45, 2.75) is 43.6 Å². The molecule has 4 heteroatoms. The molecule has 0 aliphatic heterocycles. The lowest BCUT2D eigenvalue weighted by atomic mass is 10.2. The molecule has 0 bridgehead atoms. The predicted octanol–water partition coefficient (Wildman–Crippen LogP) is 2.61. The lowest BCUT2D eigenvalue weighted by Crippen LogP contribution is -2.40. The van der Waals surface area contributed by atoms with E-state index >= 15 is 0 Å². The van der Waals surface area contributed by atoms with Gasteiger partial charge in [-0.25, -0.2) is 0 Å². The molecule has 0 radical (unpaired) electrons. The summed E-state index contributed by atoms with van der Waals surface area (Å²) in [7, 11) is 0. The summed E-state index contributed by atoms with van der Waals surface area (Å²) in [5.74, 6) is 0.826. The molecule has 0 saturated heterocycles. The van der Waals surface area contributed by atoms with Gasteiger partial charge in [0.05, 0.1) is 0 Å². The van der Waals surface area contributed by atoms with Crippen LogP contribution in [0.2, 0.25) is 0 Å². The van der Waals surface area contributed by atoms with E-state index in [1.54, 1.807) is 0 Å². The number of nitrogens with one attached hydrogen (secondary N) is 1. The number of benzene rings is 1. The third-order valence-electron chi connectivity index (χ3n) is 3.80. The van der Waals surface area contributed by atoms with Crippen LogP contribution in [-0.4, -0.2) is 41.9 Å². The SMILES string of the molecule is CSC1CCCC1NCC(O)COc1cccc(C)c1. The predicted molar refractivity (Wildman–Crippen MR) is 85.6 cm³/mol. The van der Waals surface area contributed by atoms with E-state index in [-0.39, 0.29) is 0 Å². The summed E-state index contributed by atoms with van der Waals surface area (Å²) >= 11 is 1.93. The quantitative estimate of drug-likeness (QED) is 0.811. The van der Waals surface area contributed by atoms with Crippen molar-refractivity contribution >= 4 is 11.8 Å². The number of hydrogen-bond acceptors (Lipinski definition) is 4. The van der Waals surface area contributed by atoms with Gasteiger partial charge in [0.25, 0.3) is 0 Å². The molecular formula is C16H25NO2S. The molecule has 0 aromatic heterocycles. The molecule has 1 aliphatic carbocycles. The van der Waals surface area contributed by atoms with E-state index in [4.69, 9.17) is 4.74 Å². The second-order valence-electron chi connectivity index (χ2n) is 5.50. The number of aliphatic hydroxyl groups is 1. The first kappa shape index (κ1) is 15.7. The Kier molecular flexibility index (Phi) is 6.20. The van der Waals surface area contributed by atoms with E-state index in [0.29, 0.717) is 24.4 Å². The monoisotopic (exact) mass is 295 g/mol. The van der Waals surface area contributed by atoms with Gasteiger partial charge in [-0.2, -0.15) is 11.8 Å². The number of hydrogen-bond donors (Lipinski definition) is 2. The summed E-state index contributed by atoms with van der Waals surface area (Å²) in [4.78, 5) is 0. The molecular weight excluding hydrogens is 270 g/mol. The molecule has 2 N–H and O–H groups in total. The zero-order chi connectivity index (χ0) is 14.4. The number of rotatable bonds is 7. The fourth-order valence-electron chi connectivity index (χ4n) is 2.69. The largest absolute Gasteiger partial charge is 0.491 e. The Morgan fingerprint density at radius 1 is 1.45 bits per heavy atom. The minimum Gasteiger partial charge on any atom is -0.491 e. The summed E-state index contributed by atoms with van der Waals surface area (Å²) in [6.07, 6.45) is 5.51. The van der Waals surface area contributed by atoms with Crippen molar-refractivity contribution in [1.82, 2.24) is 5.32 Å². The Balaban J connectivity index is 1.69. The number of ether oxygens (including phenoxy) is 1. The maximum atomic E-state index is 10.0. The van der Waals surface area contributed by atoms with Crippen LogP contribution in [-0.2, 0) is 0 Å². The van der Waals surface area contributed by atoms with Crippen molar-refractivity contribution < 1.29 is 9.84 Å². The fourth-order valence-corrected chi connectivity index (χ4v) is 3.65. The van der Waals surface area contributed by atoms with Gasteiger partial charge in [-0.1, -0.05) is 18.6 Å². The second kappa shape index (κ2) is 7.91. The van der Waals surface area contributed by atoms with Crippen LogP contribution in [0.3, 0.4) is 0 Å². The van der Waals surface area contributed by atoms with E-state index in [0.717, 1.165) is 5.75 Å². The average Bonchev–Trinajstić information content (AvgIpc) is 2.90. The summed E-state index contributed by atoms with van der Waals surface area (Å²) in [6, 6.07) is 8.46. The zero-order valence-electron chi connectivity index (χ0n) is 12.3. The molecule has 2 rings (SSSR count). The topological polar surface area (TPSA) is 41.5 Å². The van der Waals surface area contributed by atoms with Crippen molar-refractivity contribution in [3.8, 4) is 5.75 Å². The molecule has 1 aromatic rings. The minimum absolute atomic E-state index is 0.340. The van der Waals surface area contributed by atoms with Gasteiger partial charge in [0.15, 0.2) is 0 Å². The van der Waals surface area contributed by atoms with Crippen LogP contribution in [0.5, 0.6) is 5.75 Å². The highest BCUT2D eigenvalue weighted by Crippen LogP contribution is 2.28. The van der Waals surface area contributed by atoms with Gasteiger partial charge in [0, 0.05) is 17.8 Å². The Labute approximate surface area is 126 Å². The average molecular weight is 295 g/mol. The van der Waals surface area contributed by atoms with Gasteiger partial charge >= 0.3 is 0 Å². The van der Waals surface area contributed by atoms with E-state index in [1.165, 1.54) is 24.8 Å². The summed E-state index contributed by atoms with van der Waals surface area (Å²) < 4.78 is 5.62. The molecule has 1 aromatic carbocycles. The minimum atomic E-state index is -0.460. The van der Waals surface area contributed by atoms with Crippen LogP contribution in [0.15, 0.2) is 24.3 Å². The van der Waals surface area contributed by atoms with Crippen LogP contribution in [0.1, 0.15) is 24.8 Å². The molecule has 1 aliphatic rings. The number of thioether (sulfide) groups is 1. The highest BCUT2D eigenvalue weighted by atomic mass is 32.2. The van der Waals surface area contributed by atoms with Crippen LogP contribution >= 0.6 is 11.8 Å². The Morgan fingerprint density at radius 3 is 3.05 bits per heavy atom. The van der Waals surface area contributed by atoms with Crippen LogP contribution in [0.4, 0.5) is 0 Å². The second-order valence-corrected chi connectivity index (χ2v) is 6.58. The highest BCUT2D eigenvalue weighted by molar-refractivity contribution is 7.99. The van der Waals surface area contributed by atoms with Gasteiger partial charge in [-0.05, 0) is 43.7 Å². The molecule has 0 spiro atoms. The molecule has 20 heavy (non-hydrogen) atoms. The molecule has 3 atom stereocenters. The smallest absolute Gasteiger partial charge is 0.119 e. The van der Waals surface area contributed by atoms with Crippen molar-refractivity contribution in [2.24, 2.45) is 0 Å². The van der Waals surface area contributed by atoms with Gasteiger partial charge in [0.1, 0.15) is 18.5 Å². The molecule has 0 amide bonds. The van der Waals surface area contributed by atoms with E-state index in [2.05, 4.69) is 11.6 Å². The maximum absolute atomic E-state index is 10.0. The maximum Gasteiger partial charge on any atom is 0.119 e. The van der Waals surface area contributed by atoms with Crippen LogP contribution in [0, 0.1) is 6.92 Å². The Hall–Kier alpha value is -0.710. The summed E-state index contributed by atoms with van der Waals surface area (Å²) in [6.45, 7) is 2.98. The van der Waals surface area contributed by atoms with Crippen molar-refractivity contribution in [2.75, 3.05) is 19.4 Å². The van der Waals surface area contributed by atoms with Gasteiger partial charge in [-0.15, -0.1) is 0 Å². The number of aliphatic hydroxyl groups excluding tert-OH is 1. The van der Waals surface area contributed by atoms with Crippen molar-refractivity contribution in [1.29, 1.82) is 0 Å². The standard InChI is InChI=1S/C16H25NO2S/c1-12-5-3-6-14(9-12)19-11-13(18)10-17-15-7-4-8-16(15)20-2/h3,5-6,9,13,15-18H,4,7-8,10-11H2,1-2H3. The van der Waals surface area contributed by atoms with Gasteiger partial charge in [-0.3, -0.25) is 0 Å². The molecule has 1 fully saturated rings. The lowest BCUT2D eigenvalue weighted by molar-refractivity contribution is 0.104. The fraction of sp³-hybridized carbons (Fsp3) is 0.625. The number of aryl methyl sites for hydroxylation is 1. The van der Waals surface area contributed by atoms with Gasteiger partial charge < -0.3 is 15.2 Å². The lowest BCUT2D eigenvalue weighted by Gasteiger charge is -2.21. The molecule has 112 valence electrons. The van der Waals surface area contributed by atoms with Crippen molar-refractivity contribution in [3.05, 3.63) is 29.8 Å². The molecule has 3 nitrogen and oxygen atoms in total. The zero-order valence-corrected chi connectivity index (χ0v) is 13.2. The third-order valence-corrected chi connectivity index (χ3v) is 4.97. The first-order chi connectivity index (χ1) is 9.69. The Morgan fingerprint density at radius 2 is 2.30 bits per heavy atom. The summed E-state index contributed by atoms with van der Waals surface area (Å²) in [5, 5.41) is 14.2. The first-order valence-corrected chi connectivity index (χ1v) is 8.61. The molecule has 0 heterocycles. The summed E-state index contributed by atoms with van der Waals surface area (Å²) in [5.41, 5.74) is 1.17. The molecule has 3 unspecified atom stereocenters. The van der Waals surface area contributed by atoms with Crippen LogP contribution < -0.4 is 10.1 Å². The third kappa shape index (κ3) is 4.69. The van der Waals surface area contributed by atoms with E-state index < -0.39 is 6.10 Å². The molecule has 1 saturated carbocycles. The van der Waals surface area contributed by atoms with E-state index in [1.807, 2.05) is 43.0 Å². The Bertz CT molecular complexity index is 413. The van der Waals surface area contributed by atoms with Gasteiger partial charge in [0.2, 0.25) is 0 Å². The van der Waals surface area contributed by atoms with Crippen LogP contribution in [0.25, 0.3) is 0 Å². The van der Waals surface area contributed by atoms with Crippen molar-refractivity contribution in [3.63, 3.8) is 0 Å². The normalized spacial score (nSPS) is 23.8. The highest BCUT2D eigenvalue weighted by Gasteiger charge is 2.26. The first-order valence-electron chi connectivity index (χ1n) is 7.32.